The predicted octanol–water partition coefficient (Wildman–Crippen LogP) is 2.86. The smallest absolute Gasteiger partial charge is 0.262 e. The van der Waals surface area contributed by atoms with Crippen molar-refractivity contribution in [2.75, 3.05) is 19.8 Å². The summed E-state index contributed by atoms with van der Waals surface area (Å²) in [6.45, 7) is -0.211. The molecule has 0 spiro atoms. The summed E-state index contributed by atoms with van der Waals surface area (Å²) < 4.78 is 37.4. The van der Waals surface area contributed by atoms with Gasteiger partial charge in [0, 0.05) is 12.6 Å². The lowest BCUT2D eigenvalue weighted by Crippen LogP contribution is -2.46. The third-order valence-corrected chi connectivity index (χ3v) is 4.65. The van der Waals surface area contributed by atoms with E-state index in [1.807, 2.05) is 0 Å². The lowest BCUT2D eigenvalue weighted by atomic mass is 9.78. The van der Waals surface area contributed by atoms with E-state index in [2.05, 4.69) is 5.32 Å². The van der Waals surface area contributed by atoms with Gasteiger partial charge in [-0.05, 0) is 42.9 Å². The third kappa shape index (κ3) is 4.06. The minimum Gasteiger partial charge on any atom is -0.493 e. The second-order valence-electron chi connectivity index (χ2n) is 6.18. The topological polar surface area (TPSA) is 67.8 Å². The lowest BCUT2D eigenvalue weighted by molar-refractivity contribution is 0.0608. The summed E-state index contributed by atoms with van der Waals surface area (Å²) >= 11 is 5.03. The second kappa shape index (κ2) is 7.98. The molecule has 5 nitrogen and oxygen atoms in total. The molecule has 0 amide bonds. The zero-order chi connectivity index (χ0) is 19.4. The average Bonchev–Trinajstić information content (AvgIpc) is 2.80. The van der Waals surface area contributed by atoms with Gasteiger partial charge < -0.3 is 19.9 Å². The van der Waals surface area contributed by atoms with Gasteiger partial charge >= 0.3 is 0 Å². The Kier molecular flexibility index (Phi) is 5.67. The zero-order valence-electron chi connectivity index (χ0n) is 14.2. The minimum atomic E-state index is -1.17. The highest BCUT2D eigenvalue weighted by Crippen LogP contribution is 2.34. The fraction of sp³-hybridized carbons (Fsp3) is 0.263. The van der Waals surface area contributed by atoms with E-state index >= 15 is 0 Å². The van der Waals surface area contributed by atoms with Gasteiger partial charge in [-0.2, -0.15) is 0 Å². The molecule has 142 valence electrons. The van der Waals surface area contributed by atoms with Gasteiger partial charge in [0.2, 0.25) is 0 Å². The van der Waals surface area contributed by atoms with Crippen LogP contribution in [0.2, 0.25) is 0 Å². The minimum absolute atomic E-state index is 0.0261. The Balaban J connectivity index is 1.72. The van der Waals surface area contributed by atoms with E-state index < -0.39 is 23.7 Å². The quantitative estimate of drug-likeness (QED) is 0.779. The van der Waals surface area contributed by atoms with Crippen LogP contribution in [0.1, 0.15) is 16.8 Å². The molecule has 0 fully saturated rings. The van der Waals surface area contributed by atoms with Crippen LogP contribution in [-0.4, -0.2) is 35.8 Å². The van der Waals surface area contributed by atoms with Crippen molar-refractivity contribution in [3.63, 3.8) is 0 Å². The number of benzene rings is 2. The Bertz CT molecular complexity index is 877. The summed E-state index contributed by atoms with van der Waals surface area (Å²) in [7, 11) is 0. The first-order valence-corrected chi connectivity index (χ1v) is 8.64. The van der Waals surface area contributed by atoms with Gasteiger partial charge in [-0.15, -0.1) is 0 Å². The fourth-order valence-electron chi connectivity index (χ4n) is 2.85. The first-order chi connectivity index (χ1) is 12.9. The largest absolute Gasteiger partial charge is 0.493 e. The average molecular weight is 393 g/mol. The van der Waals surface area contributed by atoms with Gasteiger partial charge in [0.15, 0.2) is 17.3 Å². The molecule has 0 aromatic heterocycles. The molecule has 0 radical (unpaired) electrons. The number of para-hydroxylation sites is 1. The summed E-state index contributed by atoms with van der Waals surface area (Å²) in [4.78, 5) is 13.0. The Morgan fingerprint density at radius 3 is 2.81 bits per heavy atom. The van der Waals surface area contributed by atoms with Crippen LogP contribution in [0.15, 0.2) is 42.5 Å². The number of fused-ring (bicyclic) bond motifs is 1. The first-order valence-electron chi connectivity index (χ1n) is 8.23. The summed E-state index contributed by atoms with van der Waals surface area (Å²) in [6.07, 6.45) is 0.261. The van der Waals surface area contributed by atoms with E-state index in [0.29, 0.717) is 17.4 Å². The molecule has 0 aliphatic carbocycles. The van der Waals surface area contributed by atoms with E-state index in [1.165, 1.54) is 0 Å². The van der Waals surface area contributed by atoms with Crippen LogP contribution in [0.5, 0.6) is 11.5 Å². The van der Waals surface area contributed by atoms with Crippen molar-refractivity contribution in [2.45, 2.75) is 6.42 Å². The first kappa shape index (κ1) is 19.2. The highest BCUT2D eigenvalue weighted by atomic mass is 32.1. The van der Waals surface area contributed by atoms with E-state index in [4.69, 9.17) is 21.7 Å². The van der Waals surface area contributed by atoms with Crippen molar-refractivity contribution >= 4 is 23.2 Å². The molecule has 1 heterocycles. The molecule has 8 heteroatoms. The molecule has 0 bridgehead atoms. The van der Waals surface area contributed by atoms with Crippen LogP contribution in [0.25, 0.3) is 0 Å². The SMILES string of the molecule is O=C1c2ccccc2OCCC1(CO)CNC(=S)Oc1ccc(F)cc1F. The molecule has 27 heavy (non-hydrogen) atoms. The number of aliphatic hydroxyl groups excluding tert-OH is 1. The van der Waals surface area contributed by atoms with Crippen molar-refractivity contribution in [1.29, 1.82) is 0 Å². The van der Waals surface area contributed by atoms with E-state index in [0.717, 1.165) is 12.1 Å². The maximum absolute atomic E-state index is 13.7. The monoisotopic (exact) mass is 393 g/mol. The Morgan fingerprint density at radius 2 is 2.07 bits per heavy atom. The van der Waals surface area contributed by atoms with Crippen LogP contribution in [0.3, 0.4) is 0 Å². The summed E-state index contributed by atoms with van der Waals surface area (Å²) in [6, 6.07) is 9.63. The van der Waals surface area contributed by atoms with E-state index in [9.17, 15) is 18.7 Å². The van der Waals surface area contributed by atoms with Gasteiger partial charge in [-0.1, -0.05) is 12.1 Å². The van der Waals surface area contributed by atoms with Crippen molar-refractivity contribution in [3.05, 3.63) is 59.7 Å². The molecule has 1 aliphatic rings. The molecule has 1 atom stereocenters. The number of hydrogen-bond donors (Lipinski definition) is 2. The Hall–Kier alpha value is -2.58. The maximum Gasteiger partial charge on any atom is 0.262 e. The van der Waals surface area contributed by atoms with E-state index in [1.54, 1.807) is 24.3 Å². The number of halogens is 2. The summed E-state index contributed by atoms with van der Waals surface area (Å²) in [5.41, 5.74) is -0.788. The molecule has 2 N–H and O–H groups in total. The number of ether oxygens (including phenoxy) is 2. The van der Waals surface area contributed by atoms with Gasteiger partial charge in [-0.3, -0.25) is 4.79 Å². The number of thiocarbonyl (C=S) groups is 1. The number of hydrogen-bond acceptors (Lipinski definition) is 5. The zero-order valence-corrected chi connectivity index (χ0v) is 15.0. The molecule has 1 aliphatic heterocycles. The highest BCUT2D eigenvalue weighted by molar-refractivity contribution is 7.80. The van der Waals surface area contributed by atoms with Crippen molar-refractivity contribution in [1.82, 2.24) is 5.32 Å². The van der Waals surface area contributed by atoms with Crippen LogP contribution in [0, 0.1) is 17.0 Å². The lowest BCUT2D eigenvalue weighted by Gasteiger charge is -2.29. The third-order valence-electron chi connectivity index (χ3n) is 4.42. The normalized spacial score (nSPS) is 18.9. The second-order valence-corrected chi connectivity index (χ2v) is 6.55. The van der Waals surface area contributed by atoms with E-state index in [-0.39, 0.29) is 36.3 Å². The van der Waals surface area contributed by atoms with Crippen molar-refractivity contribution in [2.24, 2.45) is 5.41 Å². The Labute approximate surface area is 159 Å². The number of carbonyl (C=O) groups excluding carboxylic acids is 1. The number of nitrogens with one attached hydrogen (secondary N) is 1. The predicted molar refractivity (Wildman–Crippen MR) is 98.0 cm³/mol. The van der Waals surface area contributed by atoms with Gasteiger partial charge in [0.25, 0.3) is 5.17 Å². The molecular formula is C19H17F2NO4S. The Morgan fingerprint density at radius 1 is 1.30 bits per heavy atom. The van der Waals surface area contributed by atoms with Crippen LogP contribution < -0.4 is 14.8 Å². The molecule has 0 saturated carbocycles. The number of carbonyl (C=O) groups is 1. The van der Waals surface area contributed by atoms with Crippen molar-refractivity contribution < 1.29 is 28.2 Å². The van der Waals surface area contributed by atoms with Gasteiger partial charge in [0.1, 0.15) is 11.6 Å². The van der Waals surface area contributed by atoms with Crippen LogP contribution in [-0.2, 0) is 0 Å². The molecule has 0 saturated heterocycles. The van der Waals surface area contributed by atoms with Crippen LogP contribution >= 0.6 is 12.2 Å². The number of ketones is 1. The maximum atomic E-state index is 13.7. The van der Waals surface area contributed by atoms with Crippen LogP contribution in [0.4, 0.5) is 8.78 Å². The number of rotatable bonds is 4. The van der Waals surface area contributed by atoms with Crippen molar-refractivity contribution in [3.8, 4) is 11.5 Å². The highest BCUT2D eigenvalue weighted by Gasteiger charge is 2.41. The molecule has 2 aromatic carbocycles. The van der Waals surface area contributed by atoms with Gasteiger partial charge in [0.05, 0.1) is 24.2 Å². The standard InChI is InChI=1S/C19H17F2NO4S/c20-12-5-6-16(14(21)9-12)26-18(27)22-10-19(11-23)7-8-25-15-4-2-1-3-13(15)17(19)24/h1-6,9,23H,7-8,10-11H2,(H,22,27). The molecule has 2 aromatic rings. The summed E-state index contributed by atoms with van der Waals surface area (Å²) in [5, 5.41) is 12.5. The molecular weight excluding hydrogens is 376 g/mol. The number of aliphatic hydroxyl groups is 1. The number of Topliss-reactive ketones (excluding diaryl/α,β-unsaturated/α-hetero) is 1. The molecule has 3 rings (SSSR count). The molecule has 1 unspecified atom stereocenters. The van der Waals surface area contributed by atoms with Gasteiger partial charge in [-0.25, -0.2) is 8.78 Å². The fourth-order valence-corrected chi connectivity index (χ4v) is 3.01. The summed E-state index contributed by atoms with van der Waals surface area (Å²) in [5.74, 6) is -1.69.